The second-order valence-electron chi connectivity index (χ2n) is 7.25. The molecule has 0 atom stereocenters. The molecule has 0 saturated carbocycles. The van der Waals surface area contributed by atoms with Gasteiger partial charge in [-0.1, -0.05) is 54.1 Å². The van der Waals surface area contributed by atoms with Gasteiger partial charge in [0.05, 0.1) is 27.7 Å². The fraction of sp³-hybridized carbons (Fsp3) is 0. The Balaban J connectivity index is 1.36. The van der Waals surface area contributed by atoms with E-state index in [1.807, 2.05) is 48.5 Å². The monoisotopic (exact) mass is 450 g/mol. The third-order valence-electron chi connectivity index (χ3n) is 5.06. The van der Waals surface area contributed by atoms with Crippen molar-refractivity contribution >= 4 is 51.2 Å². The number of halogens is 1. The summed E-state index contributed by atoms with van der Waals surface area (Å²) in [5.74, 6) is 0.248. The first-order valence-electron chi connectivity index (χ1n) is 10.1. The van der Waals surface area contributed by atoms with Crippen LogP contribution in [0.25, 0.3) is 33.6 Å². The highest BCUT2D eigenvalue weighted by atomic mass is 35.5. The van der Waals surface area contributed by atoms with Crippen molar-refractivity contribution in [1.82, 2.24) is 15.0 Å². The summed E-state index contributed by atoms with van der Waals surface area (Å²) in [4.78, 5) is 24.5. The van der Waals surface area contributed by atoms with Crippen LogP contribution in [0.3, 0.4) is 0 Å². The van der Waals surface area contributed by atoms with Gasteiger partial charge in [0.25, 0.3) is 0 Å². The molecule has 0 amide bonds. The Morgan fingerprint density at radius 2 is 1.70 bits per heavy atom. The molecule has 3 aromatic carbocycles. The lowest BCUT2D eigenvalue weighted by Gasteiger charge is -2.07. The van der Waals surface area contributed by atoms with Crippen molar-refractivity contribution in [2.45, 2.75) is 0 Å². The van der Waals surface area contributed by atoms with Crippen molar-refractivity contribution in [1.29, 1.82) is 5.26 Å². The number of aromatic nitrogens is 3. The van der Waals surface area contributed by atoms with E-state index < -0.39 is 5.97 Å². The van der Waals surface area contributed by atoms with E-state index in [4.69, 9.17) is 16.3 Å². The summed E-state index contributed by atoms with van der Waals surface area (Å²) in [6, 6.07) is 25.6. The Morgan fingerprint density at radius 1 is 0.970 bits per heavy atom. The highest BCUT2D eigenvalue weighted by Crippen LogP contribution is 2.24. The van der Waals surface area contributed by atoms with Crippen molar-refractivity contribution < 1.29 is 9.53 Å². The molecule has 0 spiro atoms. The number of para-hydroxylation sites is 3. The number of pyridine rings is 1. The lowest BCUT2D eigenvalue weighted by atomic mass is 10.1. The molecule has 2 heterocycles. The molecular formula is C26H15ClN4O2. The standard InChI is InChI=1S/C26H15ClN4O2/c27-24-20(14-17-5-1-2-6-21(17)29-24)26(32)33-19-11-9-16(10-12-19)13-18(15-28)25-30-22-7-3-4-8-23(22)31-25/h1-14H,(H,30,31). The molecule has 0 unspecified atom stereocenters. The van der Waals surface area contributed by atoms with Crippen molar-refractivity contribution in [3.8, 4) is 11.8 Å². The number of rotatable bonds is 4. The molecule has 5 aromatic rings. The number of fused-ring (bicyclic) bond motifs is 2. The second-order valence-corrected chi connectivity index (χ2v) is 7.61. The Labute approximate surface area is 193 Å². The number of carbonyl (C=O) groups excluding carboxylic acids is 1. The molecule has 0 saturated heterocycles. The van der Waals surface area contributed by atoms with Crippen molar-refractivity contribution in [3.63, 3.8) is 0 Å². The van der Waals surface area contributed by atoms with E-state index in [1.165, 1.54) is 0 Å². The topological polar surface area (TPSA) is 91.7 Å². The SMILES string of the molecule is N#CC(=Cc1ccc(OC(=O)c2cc3ccccc3nc2Cl)cc1)c1nc2ccccc2[nH]1. The number of ether oxygens (including phenoxy) is 1. The second kappa shape index (κ2) is 8.58. The van der Waals surface area contributed by atoms with Crippen LogP contribution in [0.4, 0.5) is 0 Å². The largest absolute Gasteiger partial charge is 0.423 e. The van der Waals surface area contributed by atoms with E-state index in [1.54, 1.807) is 36.4 Å². The number of imidazole rings is 1. The zero-order chi connectivity index (χ0) is 22.8. The van der Waals surface area contributed by atoms with Crippen LogP contribution in [0.2, 0.25) is 5.15 Å². The number of benzene rings is 3. The summed E-state index contributed by atoms with van der Waals surface area (Å²) >= 11 is 6.19. The Kier molecular flexibility index (Phi) is 5.31. The third-order valence-corrected chi connectivity index (χ3v) is 5.35. The zero-order valence-corrected chi connectivity index (χ0v) is 17.9. The number of nitrogens with one attached hydrogen (secondary N) is 1. The quantitative estimate of drug-likeness (QED) is 0.156. The van der Waals surface area contributed by atoms with Crippen LogP contribution in [-0.4, -0.2) is 20.9 Å². The van der Waals surface area contributed by atoms with Crippen LogP contribution in [0.1, 0.15) is 21.7 Å². The van der Waals surface area contributed by atoms with Gasteiger partial charge in [-0.2, -0.15) is 5.26 Å². The van der Waals surface area contributed by atoms with Gasteiger partial charge in [0.2, 0.25) is 0 Å². The van der Waals surface area contributed by atoms with Crippen LogP contribution in [0.5, 0.6) is 5.75 Å². The van der Waals surface area contributed by atoms with E-state index in [0.717, 1.165) is 22.0 Å². The van der Waals surface area contributed by atoms with Crippen LogP contribution in [-0.2, 0) is 0 Å². The molecule has 0 aliphatic rings. The maximum Gasteiger partial charge on any atom is 0.346 e. The van der Waals surface area contributed by atoms with Gasteiger partial charge in [-0.15, -0.1) is 0 Å². The predicted molar refractivity (Wildman–Crippen MR) is 128 cm³/mol. The lowest BCUT2D eigenvalue weighted by Crippen LogP contribution is -2.10. The summed E-state index contributed by atoms with van der Waals surface area (Å²) in [5, 5.41) is 10.5. The molecule has 0 fully saturated rings. The number of aromatic amines is 1. The molecule has 0 bridgehead atoms. The van der Waals surface area contributed by atoms with Crippen molar-refractivity contribution in [2.24, 2.45) is 0 Å². The molecule has 6 nitrogen and oxygen atoms in total. The molecule has 0 aliphatic carbocycles. The lowest BCUT2D eigenvalue weighted by molar-refractivity contribution is 0.0734. The van der Waals surface area contributed by atoms with E-state index in [9.17, 15) is 10.1 Å². The van der Waals surface area contributed by atoms with Crippen LogP contribution in [0.15, 0.2) is 78.9 Å². The molecule has 0 aliphatic heterocycles. The van der Waals surface area contributed by atoms with E-state index in [0.29, 0.717) is 22.7 Å². The summed E-state index contributed by atoms with van der Waals surface area (Å²) in [6.45, 7) is 0. The minimum absolute atomic E-state index is 0.0859. The number of nitriles is 1. The number of esters is 1. The number of hydrogen-bond acceptors (Lipinski definition) is 5. The normalized spacial score (nSPS) is 11.5. The van der Waals surface area contributed by atoms with E-state index in [-0.39, 0.29) is 10.7 Å². The number of allylic oxidation sites excluding steroid dienone is 1. The summed E-state index contributed by atoms with van der Waals surface area (Å²) in [6.07, 6.45) is 1.72. The van der Waals surface area contributed by atoms with Gasteiger partial charge in [0.1, 0.15) is 22.8 Å². The van der Waals surface area contributed by atoms with Gasteiger partial charge in [-0.05, 0) is 48.0 Å². The first-order chi connectivity index (χ1) is 16.1. The molecule has 33 heavy (non-hydrogen) atoms. The minimum Gasteiger partial charge on any atom is -0.423 e. The average Bonchev–Trinajstić information content (AvgIpc) is 3.27. The Morgan fingerprint density at radius 3 is 2.45 bits per heavy atom. The van der Waals surface area contributed by atoms with Crippen molar-refractivity contribution in [2.75, 3.05) is 0 Å². The van der Waals surface area contributed by atoms with Crippen LogP contribution in [0, 0.1) is 11.3 Å². The van der Waals surface area contributed by atoms with Gasteiger partial charge in [0, 0.05) is 5.39 Å². The molecule has 0 radical (unpaired) electrons. The zero-order valence-electron chi connectivity index (χ0n) is 17.1. The van der Waals surface area contributed by atoms with Gasteiger partial charge in [0.15, 0.2) is 0 Å². The van der Waals surface area contributed by atoms with Crippen molar-refractivity contribution in [3.05, 3.63) is 101 Å². The molecule has 2 aromatic heterocycles. The maximum absolute atomic E-state index is 12.6. The summed E-state index contributed by atoms with van der Waals surface area (Å²) in [5.41, 5.74) is 3.70. The molecule has 5 rings (SSSR count). The maximum atomic E-state index is 12.6. The molecule has 1 N–H and O–H groups in total. The Bertz CT molecular complexity index is 1550. The molecular weight excluding hydrogens is 436 g/mol. The van der Waals surface area contributed by atoms with Gasteiger partial charge in [-0.25, -0.2) is 14.8 Å². The fourth-order valence-electron chi connectivity index (χ4n) is 3.43. The van der Waals surface area contributed by atoms with E-state index >= 15 is 0 Å². The van der Waals surface area contributed by atoms with Gasteiger partial charge < -0.3 is 9.72 Å². The number of H-pyrrole nitrogens is 1. The van der Waals surface area contributed by atoms with E-state index in [2.05, 4.69) is 21.0 Å². The molecule has 158 valence electrons. The number of hydrogen-bond donors (Lipinski definition) is 1. The number of nitrogens with zero attached hydrogens (tertiary/aromatic N) is 3. The Hall–Kier alpha value is -4.47. The highest BCUT2D eigenvalue weighted by Gasteiger charge is 2.15. The fourth-order valence-corrected chi connectivity index (χ4v) is 3.65. The average molecular weight is 451 g/mol. The minimum atomic E-state index is -0.596. The summed E-state index contributed by atoms with van der Waals surface area (Å²) < 4.78 is 5.47. The first-order valence-corrected chi connectivity index (χ1v) is 10.4. The van der Waals surface area contributed by atoms with Gasteiger partial charge in [-0.3, -0.25) is 0 Å². The van der Waals surface area contributed by atoms with Crippen LogP contribution >= 0.6 is 11.6 Å². The van der Waals surface area contributed by atoms with Gasteiger partial charge >= 0.3 is 5.97 Å². The van der Waals surface area contributed by atoms with Crippen LogP contribution < -0.4 is 4.74 Å². The third kappa shape index (κ3) is 4.18. The predicted octanol–water partition coefficient (Wildman–Crippen LogP) is 6.05. The first kappa shape index (κ1) is 20.4. The smallest absolute Gasteiger partial charge is 0.346 e. The number of carbonyl (C=O) groups is 1. The molecule has 7 heteroatoms. The summed E-state index contributed by atoms with van der Waals surface area (Å²) in [7, 11) is 0. The highest BCUT2D eigenvalue weighted by molar-refractivity contribution is 6.33.